The molecule has 0 heterocycles. The van der Waals surface area contributed by atoms with E-state index in [-0.39, 0.29) is 11.8 Å². The zero-order valence-electron chi connectivity index (χ0n) is 8.82. The van der Waals surface area contributed by atoms with Crippen LogP contribution >= 0.6 is 0 Å². The van der Waals surface area contributed by atoms with Gasteiger partial charge in [0.05, 0.1) is 5.92 Å². The standard InChI is InChI=1S/C9H11NO2.C2H6/c1-7(9(11)10-12)8-5-3-2-4-6-8;1-2/h2-7,12H,1H3,(H,10,11);1-2H3. The van der Waals surface area contributed by atoms with Crippen LogP contribution in [0, 0.1) is 0 Å². The van der Waals surface area contributed by atoms with Gasteiger partial charge in [0, 0.05) is 0 Å². The molecule has 0 saturated carbocycles. The van der Waals surface area contributed by atoms with Crippen molar-refractivity contribution in [2.24, 2.45) is 0 Å². The van der Waals surface area contributed by atoms with Gasteiger partial charge in [0.25, 0.3) is 5.91 Å². The summed E-state index contributed by atoms with van der Waals surface area (Å²) in [5, 5.41) is 8.37. The molecule has 0 radical (unpaired) electrons. The van der Waals surface area contributed by atoms with E-state index < -0.39 is 0 Å². The van der Waals surface area contributed by atoms with Gasteiger partial charge in [-0.05, 0) is 12.5 Å². The summed E-state index contributed by atoms with van der Waals surface area (Å²) in [4.78, 5) is 11.0. The van der Waals surface area contributed by atoms with Crippen LogP contribution in [0.1, 0.15) is 32.3 Å². The van der Waals surface area contributed by atoms with Gasteiger partial charge in [-0.25, -0.2) is 5.48 Å². The molecule has 14 heavy (non-hydrogen) atoms. The van der Waals surface area contributed by atoms with E-state index in [1.54, 1.807) is 12.4 Å². The van der Waals surface area contributed by atoms with Crippen LogP contribution in [0.4, 0.5) is 0 Å². The van der Waals surface area contributed by atoms with Gasteiger partial charge >= 0.3 is 0 Å². The average molecular weight is 195 g/mol. The van der Waals surface area contributed by atoms with Crippen LogP contribution < -0.4 is 5.48 Å². The molecule has 78 valence electrons. The normalized spacial score (nSPS) is 10.9. The van der Waals surface area contributed by atoms with E-state index in [1.807, 2.05) is 44.2 Å². The Morgan fingerprint density at radius 2 is 1.79 bits per heavy atom. The van der Waals surface area contributed by atoms with E-state index in [1.165, 1.54) is 0 Å². The molecule has 0 spiro atoms. The van der Waals surface area contributed by atoms with Gasteiger partial charge < -0.3 is 0 Å². The fourth-order valence-electron chi connectivity index (χ4n) is 0.990. The number of carbonyl (C=O) groups excluding carboxylic acids is 1. The zero-order chi connectivity index (χ0) is 11.0. The predicted molar refractivity (Wildman–Crippen MR) is 56.1 cm³/mol. The third-order valence-corrected chi connectivity index (χ3v) is 1.80. The minimum Gasteiger partial charge on any atom is -0.289 e. The van der Waals surface area contributed by atoms with Gasteiger partial charge in [-0.1, -0.05) is 44.2 Å². The van der Waals surface area contributed by atoms with Crippen LogP contribution in [0.25, 0.3) is 0 Å². The maximum absolute atomic E-state index is 11.0. The van der Waals surface area contributed by atoms with Crippen molar-refractivity contribution < 1.29 is 10.0 Å². The van der Waals surface area contributed by atoms with Gasteiger partial charge in [-0.15, -0.1) is 0 Å². The molecule has 2 N–H and O–H groups in total. The Morgan fingerprint density at radius 1 is 1.29 bits per heavy atom. The van der Waals surface area contributed by atoms with Crippen molar-refractivity contribution in [1.29, 1.82) is 0 Å². The predicted octanol–water partition coefficient (Wildman–Crippen LogP) is 2.32. The van der Waals surface area contributed by atoms with Crippen molar-refractivity contribution >= 4 is 5.91 Å². The van der Waals surface area contributed by atoms with Crippen molar-refractivity contribution in [2.75, 3.05) is 0 Å². The number of hydrogen-bond acceptors (Lipinski definition) is 2. The molecule has 1 unspecified atom stereocenters. The van der Waals surface area contributed by atoms with E-state index in [0.29, 0.717) is 0 Å². The van der Waals surface area contributed by atoms with Crippen molar-refractivity contribution in [2.45, 2.75) is 26.7 Å². The number of nitrogens with one attached hydrogen (secondary N) is 1. The summed E-state index contributed by atoms with van der Waals surface area (Å²) >= 11 is 0. The Labute approximate surface area is 84.7 Å². The smallest absolute Gasteiger partial charge is 0.250 e. The molecule has 1 atom stereocenters. The molecule has 1 aromatic rings. The summed E-state index contributed by atoms with van der Waals surface area (Å²) in [7, 11) is 0. The molecule has 0 bridgehead atoms. The number of hydroxylamine groups is 1. The second-order valence-corrected chi connectivity index (χ2v) is 2.61. The van der Waals surface area contributed by atoms with Crippen molar-refractivity contribution in [1.82, 2.24) is 5.48 Å². The molecule has 0 fully saturated rings. The fraction of sp³-hybridized carbons (Fsp3) is 0.364. The van der Waals surface area contributed by atoms with E-state index in [0.717, 1.165) is 5.56 Å². The minimum atomic E-state index is -0.388. The first-order valence-corrected chi connectivity index (χ1v) is 4.74. The van der Waals surface area contributed by atoms with Crippen molar-refractivity contribution in [3.63, 3.8) is 0 Å². The number of hydrogen-bond donors (Lipinski definition) is 2. The van der Waals surface area contributed by atoms with Crippen LogP contribution in [0.15, 0.2) is 30.3 Å². The zero-order valence-corrected chi connectivity index (χ0v) is 8.82. The van der Waals surface area contributed by atoms with E-state index in [4.69, 9.17) is 5.21 Å². The van der Waals surface area contributed by atoms with Crippen LogP contribution in [0.5, 0.6) is 0 Å². The summed E-state index contributed by atoms with van der Waals surface area (Å²) in [6, 6.07) is 9.29. The Morgan fingerprint density at radius 3 is 2.21 bits per heavy atom. The van der Waals surface area contributed by atoms with E-state index in [2.05, 4.69) is 0 Å². The molecule has 0 aromatic heterocycles. The van der Waals surface area contributed by atoms with Crippen LogP contribution in [-0.2, 0) is 4.79 Å². The highest BCUT2D eigenvalue weighted by Gasteiger charge is 2.12. The van der Waals surface area contributed by atoms with Gasteiger partial charge in [0.2, 0.25) is 0 Å². The van der Waals surface area contributed by atoms with Crippen LogP contribution in [-0.4, -0.2) is 11.1 Å². The summed E-state index contributed by atoms with van der Waals surface area (Å²) in [6.45, 7) is 5.74. The second-order valence-electron chi connectivity index (χ2n) is 2.61. The molecule has 3 nitrogen and oxygen atoms in total. The summed E-state index contributed by atoms with van der Waals surface area (Å²) in [6.07, 6.45) is 0. The molecule has 0 aliphatic heterocycles. The fourth-order valence-corrected chi connectivity index (χ4v) is 0.990. The van der Waals surface area contributed by atoms with Crippen molar-refractivity contribution in [3.05, 3.63) is 35.9 Å². The molecule has 3 heteroatoms. The van der Waals surface area contributed by atoms with E-state index >= 15 is 0 Å². The number of amides is 1. The minimum absolute atomic E-state index is 0.309. The van der Waals surface area contributed by atoms with Gasteiger partial charge in [0.1, 0.15) is 0 Å². The maximum atomic E-state index is 11.0. The Balaban J connectivity index is 0.000000791. The first-order valence-electron chi connectivity index (χ1n) is 4.74. The molecule has 0 aliphatic rings. The van der Waals surface area contributed by atoms with Crippen LogP contribution in [0.3, 0.4) is 0 Å². The SMILES string of the molecule is CC.CC(C(=O)NO)c1ccccc1. The van der Waals surface area contributed by atoms with Crippen molar-refractivity contribution in [3.8, 4) is 0 Å². The summed E-state index contributed by atoms with van der Waals surface area (Å²) < 4.78 is 0. The third kappa shape index (κ3) is 3.58. The monoisotopic (exact) mass is 195 g/mol. The third-order valence-electron chi connectivity index (χ3n) is 1.80. The van der Waals surface area contributed by atoms with Gasteiger partial charge in [-0.2, -0.15) is 0 Å². The lowest BCUT2D eigenvalue weighted by Crippen LogP contribution is -2.24. The highest BCUT2D eigenvalue weighted by atomic mass is 16.5. The quantitative estimate of drug-likeness (QED) is 0.562. The highest BCUT2D eigenvalue weighted by molar-refractivity contribution is 5.82. The summed E-state index contributed by atoms with van der Waals surface area (Å²) in [5.41, 5.74) is 2.52. The number of rotatable bonds is 2. The molecular weight excluding hydrogens is 178 g/mol. The van der Waals surface area contributed by atoms with E-state index in [9.17, 15) is 4.79 Å². The van der Waals surface area contributed by atoms with Crippen LogP contribution in [0.2, 0.25) is 0 Å². The summed E-state index contributed by atoms with van der Waals surface area (Å²) in [5.74, 6) is -0.697. The lowest BCUT2D eigenvalue weighted by Gasteiger charge is -2.08. The molecule has 1 aromatic carbocycles. The molecule has 1 rings (SSSR count). The maximum Gasteiger partial charge on any atom is 0.250 e. The first-order chi connectivity index (χ1) is 6.75. The molecule has 0 aliphatic carbocycles. The largest absolute Gasteiger partial charge is 0.289 e. The second kappa shape index (κ2) is 7.09. The van der Waals surface area contributed by atoms with Gasteiger partial charge in [-0.3, -0.25) is 10.0 Å². The topological polar surface area (TPSA) is 49.3 Å². The van der Waals surface area contributed by atoms with Gasteiger partial charge in [0.15, 0.2) is 0 Å². The molecule has 0 saturated heterocycles. The first kappa shape index (κ1) is 12.7. The molecular formula is C11H17NO2. The lowest BCUT2D eigenvalue weighted by atomic mass is 10.0. The lowest BCUT2D eigenvalue weighted by molar-refractivity contribution is -0.130. The Bertz CT molecular complexity index is 259. The number of carbonyl (C=O) groups is 1. The Hall–Kier alpha value is -1.35. The molecule has 1 amide bonds. The Kier molecular flexibility index (Phi) is 6.41. The highest BCUT2D eigenvalue weighted by Crippen LogP contribution is 2.13. The number of benzene rings is 1. The average Bonchev–Trinajstić information content (AvgIpc) is 2.31.